The second-order valence-corrected chi connectivity index (χ2v) is 21.9. The number of amides is 2. The van der Waals surface area contributed by atoms with Crippen molar-refractivity contribution in [1.82, 2.24) is 30.2 Å². The molecule has 3 heterocycles. The van der Waals surface area contributed by atoms with Crippen LogP contribution in [0.3, 0.4) is 0 Å². The molecule has 0 aromatic carbocycles. The molecule has 28 heteroatoms. The van der Waals surface area contributed by atoms with Crippen LogP contribution in [-0.2, 0) is 50.7 Å². The van der Waals surface area contributed by atoms with E-state index in [4.69, 9.17) is 19.5 Å². The van der Waals surface area contributed by atoms with Gasteiger partial charge in [0.2, 0.25) is 11.8 Å². The molecule has 1 fully saturated rings. The van der Waals surface area contributed by atoms with E-state index < -0.39 is 84.6 Å². The Labute approximate surface area is 388 Å². The number of nitrogens with zero attached hydrogens (tertiary/aromatic N) is 4. The van der Waals surface area contributed by atoms with Gasteiger partial charge in [0.1, 0.15) is 36.3 Å². The average molecular weight is 1020 g/mol. The summed E-state index contributed by atoms with van der Waals surface area (Å²) < 4.78 is 62.4. The predicted octanol–water partition coefficient (Wildman–Crippen LogP) is 4.31. The molecule has 10 N–H and O–H groups in total. The van der Waals surface area contributed by atoms with E-state index in [2.05, 4.69) is 47.9 Å². The van der Waals surface area contributed by atoms with Crippen molar-refractivity contribution in [3.05, 3.63) is 24.8 Å². The lowest BCUT2D eigenvalue weighted by Crippen LogP contribution is -2.46. The number of imidazole rings is 1. The molecule has 24 nitrogen and oxygen atoms in total. The molecule has 66 heavy (non-hydrogen) atoms. The van der Waals surface area contributed by atoms with Crippen LogP contribution in [0.5, 0.6) is 0 Å². The highest BCUT2D eigenvalue weighted by atomic mass is 32.2. The van der Waals surface area contributed by atoms with Crippen molar-refractivity contribution in [1.29, 1.82) is 0 Å². The number of nitrogens with one attached hydrogen (secondary N) is 2. The third-order valence-corrected chi connectivity index (χ3v) is 14.3. The SMILES string of the molecule is C=C(CCCCCC)CCCCCCCCC(=O)SCCNC(=O)CCNC(=O)[C@H](O)C(C)(C)COP(=O)(O)OP(=O)(O)OC[C@H]1O[C@@H](n2cnc3c(N)ncnc32)[C@H](O)[C@@H]1OP(=O)(O)O. The summed E-state index contributed by atoms with van der Waals surface area (Å²) in [5, 5.41) is 26.6. The first-order valence-corrected chi connectivity index (χ1v) is 27.2. The van der Waals surface area contributed by atoms with Crippen molar-refractivity contribution in [3.8, 4) is 0 Å². The summed E-state index contributed by atoms with van der Waals surface area (Å²) in [6, 6.07) is 0. The Kier molecular flexibility index (Phi) is 24.0. The van der Waals surface area contributed by atoms with Gasteiger partial charge < -0.3 is 50.9 Å². The molecule has 1 saturated heterocycles. The van der Waals surface area contributed by atoms with Gasteiger partial charge in [0.05, 0.1) is 19.5 Å². The maximum atomic E-state index is 12.7. The topological polar surface area (TPSA) is 364 Å². The first-order chi connectivity index (χ1) is 30.9. The van der Waals surface area contributed by atoms with Crippen molar-refractivity contribution in [2.75, 3.05) is 37.8 Å². The zero-order valence-electron chi connectivity index (χ0n) is 37.5. The van der Waals surface area contributed by atoms with Gasteiger partial charge in [0.15, 0.2) is 22.8 Å². The van der Waals surface area contributed by atoms with Crippen molar-refractivity contribution in [3.63, 3.8) is 0 Å². The van der Waals surface area contributed by atoms with E-state index in [1.165, 1.54) is 51.5 Å². The molecule has 1 aliphatic rings. The molecule has 2 aromatic heterocycles. The third kappa shape index (κ3) is 20.5. The number of hydrogen-bond acceptors (Lipinski definition) is 18. The van der Waals surface area contributed by atoms with Crippen LogP contribution in [0.2, 0.25) is 0 Å². The number of carbonyl (C=O) groups excluding carboxylic acids is 3. The van der Waals surface area contributed by atoms with E-state index >= 15 is 0 Å². The minimum Gasteiger partial charge on any atom is -0.386 e. The number of phosphoric ester groups is 3. The molecule has 2 amide bonds. The van der Waals surface area contributed by atoms with Gasteiger partial charge in [-0.2, -0.15) is 4.31 Å². The van der Waals surface area contributed by atoms with Crippen LogP contribution < -0.4 is 16.4 Å². The van der Waals surface area contributed by atoms with Gasteiger partial charge in [-0.3, -0.25) is 32.5 Å². The molecule has 0 radical (unpaired) electrons. The number of ether oxygens (including phenoxy) is 1. The van der Waals surface area contributed by atoms with E-state index in [1.54, 1.807) is 0 Å². The lowest BCUT2D eigenvalue weighted by molar-refractivity contribution is -0.137. The fourth-order valence-electron chi connectivity index (χ4n) is 6.65. The monoisotopic (exact) mass is 1020 g/mol. The van der Waals surface area contributed by atoms with Crippen LogP contribution in [-0.4, -0.2) is 123 Å². The van der Waals surface area contributed by atoms with Crippen LogP contribution in [0.15, 0.2) is 24.8 Å². The maximum absolute atomic E-state index is 12.7. The van der Waals surface area contributed by atoms with Crippen molar-refractivity contribution in [2.45, 2.75) is 141 Å². The predicted molar refractivity (Wildman–Crippen MR) is 242 cm³/mol. The van der Waals surface area contributed by atoms with Gasteiger partial charge in [-0.1, -0.05) is 89.6 Å². The molecular weight excluding hydrogens is 951 g/mol. The number of nitrogens with two attached hydrogens (primary N) is 1. The number of aliphatic hydroxyl groups is 2. The fraction of sp³-hybridized carbons (Fsp3) is 0.737. The highest BCUT2D eigenvalue weighted by Gasteiger charge is 2.50. The molecule has 2 unspecified atom stereocenters. The van der Waals surface area contributed by atoms with Gasteiger partial charge in [-0.25, -0.2) is 28.6 Å². The highest BCUT2D eigenvalue weighted by molar-refractivity contribution is 8.13. The molecule has 1 aliphatic heterocycles. The Morgan fingerprint density at radius 3 is 2.18 bits per heavy atom. The number of rotatable bonds is 33. The number of anilines is 1. The quantitative estimate of drug-likeness (QED) is 0.0273. The standard InChI is InChI=1S/C38H66N7O17P3S/c1-5-6-7-12-15-26(2)16-13-10-8-9-11-14-17-29(47)66-21-20-40-28(46)18-19-41-36(50)33(49)38(3,4)23-59-65(56,57)62-64(54,55)58-22-27-32(61-63(51,52)53)31(48)37(60-27)45-25-44-30-34(39)42-24-43-35(30)45/h24-25,27,31-33,37,48-49H,2,5-23H2,1,3-4H3,(H,40,46)(H,41,50)(H,54,55)(H,56,57)(H2,39,42,43)(H2,51,52,53)/t27-,31-,32-,33+,37-/m1/s1. The zero-order chi connectivity index (χ0) is 49.1. The minimum absolute atomic E-state index is 0.0325. The Morgan fingerprint density at radius 2 is 1.53 bits per heavy atom. The third-order valence-electron chi connectivity index (χ3n) is 10.3. The molecule has 7 atom stereocenters. The van der Waals surface area contributed by atoms with Crippen LogP contribution in [0.1, 0.15) is 117 Å². The van der Waals surface area contributed by atoms with Crippen LogP contribution in [0.25, 0.3) is 11.2 Å². The molecule has 3 rings (SSSR count). The van der Waals surface area contributed by atoms with E-state index in [0.717, 1.165) is 73.9 Å². The van der Waals surface area contributed by atoms with E-state index in [-0.39, 0.29) is 41.6 Å². The smallest absolute Gasteiger partial charge is 0.386 e. The molecule has 0 saturated carbocycles. The number of nitrogen functional groups attached to an aromatic ring is 1. The number of aliphatic hydroxyl groups excluding tert-OH is 2. The lowest BCUT2D eigenvalue weighted by atomic mass is 9.87. The molecule has 2 aromatic rings. The van der Waals surface area contributed by atoms with Crippen LogP contribution in [0.4, 0.5) is 5.82 Å². The number of hydrogen-bond donors (Lipinski definition) is 9. The Bertz CT molecular complexity index is 2040. The number of fused-ring (bicyclic) bond motifs is 1. The molecular formula is C38H66N7O17P3S. The average Bonchev–Trinajstić information content (AvgIpc) is 3.80. The Hall–Kier alpha value is -2.70. The summed E-state index contributed by atoms with van der Waals surface area (Å²) in [5.74, 6) is -1.04. The second-order valence-electron chi connectivity index (χ2n) is 16.5. The first kappa shape index (κ1) is 57.6. The van der Waals surface area contributed by atoms with Crippen LogP contribution in [0, 0.1) is 5.41 Å². The number of aromatic nitrogens is 4. The molecule has 376 valence electrons. The number of unbranched alkanes of at least 4 members (excludes halogenated alkanes) is 8. The number of thioether (sulfide) groups is 1. The van der Waals surface area contributed by atoms with Crippen LogP contribution >= 0.6 is 35.2 Å². The van der Waals surface area contributed by atoms with Gasteiger partial charge in [0, 0.05) is 37.1 Å². The number of phosphoric acid groups is 3. The summed E-state index contributed by atoms with van der Waals surface area (Å²) in [7, 11) is -16.4. The number of allylic oxidation sites excluding steroid dienone is 1. The first-order valence-electron chi connectivity index (χ1n) is 21.7. The summed E-state index contributed by atoms with van der Waals surface area (Å²) in [5.41, 5.74) is 5.63. The fourth-order valence-corrected chi connectivity index (χ4v) is 10.2. The zero-order valence-corrected chi connectivity index (χ0v) is 41.0. The van der Waals surface area contributed by atoms with Crippen molar-refractivity contribution >= 4 is 69.1 Å². The summed E-state index contributed by atoms with van der Waals surface area (Å²) >= 11 is 1.14. The largest absolute Gasteiger partial charge is 0.481 e. The van der Waals surface area contributed by atoms with Gasteiger partial charge in [-0.15, -0.1) is 0 Å². The van der Waals surface area contributed by atoms with Crippen molar-refractivity contribution in [2.24, 2.45) is 5.41 Å². The lowest BCUT2D eigenvalue weighted by Gasteiger charge is -2.30. The van der Waals surface area contributed by atoms with E-state index in [1.807, 2.05) is 0 Å². The maximum Gasteiger partial charge on any atom is 0.481 e. The minimum atomic E-state index is -5.58. The van der Waals surface area contributed by atoms with Gasteiger partial charge >= 0.3 is 23.5 Å². The second kappa shape index (κ2) is 27.5. The highest BCUT2D eigenvalue weighted by Crippen LogP contribution is 2.61. The van der Waals surface area contributed by atoms with E-state index in [9.17, 15) is 57.9 Å². The van der Waals surface area contributed by atoms with Crippen molar-refractivity contribution < 1.29 is 80.5 Å². The Morgan fingerprint density at radius 1 is 0.909 bits per heavy atom. The van der Waals surface area contributed by atoms with Gasteiger partial charge in [0.25, 0.3) is 0 Å². The summed E-state index contributed by atoms with van der Waals surface area (Å²) in [6.07, 6.45) is 7.17. The molecule has 0 spiro atoms. The summed E-state index contributed by atoms with van der Waals surface area (Å²) in [6.45, 7) is 6.96. The summed E-state index contributed by atoms with van der Waals surface area (Å²) in [4.78, 5) is 88.3. The molecule has 0 bridgehead atoms. The molecule has 0 aliphatic carbocycles. The van der Waals surface area contributed by atoms with E-state index in [0.29, 0.717) is 12.2 Å². The Balaban J connectivity index is 1.32. The normalized spacial score (nSPS) is 20.1. The van der Waals surface area contributed by atoms with Gasteiger partial charge in [-0.05, 0) is 32.1 Å². The number of carbonyl (C=O) groups is 3.